The molecule has 21 heavy (non-hydrogen) atoms. The van der Waals surface area contributed by atoms with E-state index in [0.29, 0.717) is 4.90 Å². The zero-order chi connectivity index (χ0) is 15.5. The summed E-state index contributed by atoms with van der Waals surface area (Å²) in [6.07, 6.45) is 4.14. The topological polar surface area (TPSA) is 49.4 Å². The predicted octanol–water partition coefficient (Wildman–Crippen LogP) is 2.92. The summed E-state index contributed by atoms with van der Waals surface area (Å²) in [4.78, 5) is 0.402. The van der Waals surface area contributed by atoms with Crippen molar-refractivity contribution in [3.8, 4) is 0 Å². The Morgan fingerprint density at radius 1 is 1.38 bits per heavy atom. The first-order chi connectivity index (χ1) is 9.96. The van der Waals surface area contributed by atoms with Gasteiger partial charge >= 0.3 is 0 Å². The van der Waals surface area contributed by atoms with Gasteiger partial charge in [-0.15, -0.1) is 0 Å². The van der Waals surface area contributed by atoms with Gasteiger partial charge in [0.1, 0.15) is 0 Å². The fourth-order valence-electron chi connectivity index (χ4n) is 2.54. The zero-order valence-corrected chi connectivity index (χ0v) is 14.0. The minimum absolute atomic E-state index is 0.161. The number of rotatable bonds is 7. The highest BCUT2D eigenvalue weighted by Crippen LogP contribution is 2.29. The van der Waals surface area contributed by atoms with Crippen LogP contribution in [0, 0.1) is 0 Å². The number of nitrogens with zero attached hydrogens (tertiary/aromatic N) is 1. The molecule has 1 saturated carbocycles. The Morgan fingerprint density at radius 2 is 2.10 bits per heavy atom. The van der Waals surface area contributed by atoms with Crippen LogP contribution in [0.1, 0.15) is 51.1 Å². The molecule has 4 nitrogen and oxygen atoms in total. The van der Waals surface area contributed by atoms with Crippen LogP contribution in [0.4, 0.5) is 0 Å². The second kappa shape index (κ2) is 6.90. The predicted molar refractivity (Wildman–Crippen MR) is 85.7 cm³/mol. The third-order valence-electron chi connectivity index (χ3n) is 4.32. The van der Waals surface area contributed by atoms with Crippen LogP contribution in [0.25, 0.3) is 0 Å². The third-order valence-corrected chi connectivity index (χ3v) is 6.23. The van der Waals surface area contributed by atoms with E-state index in [2.05, 4.69) is 19.2 Å². The Morgan fingerprint density at radius 3 is 2.67 bits per heavy atom. The van der Waals surface area contributed by atoms with Gasteiger partial charge in [-0.2, -0.15) is 4.31 Å². The monoisotopic (exact) mass is 310 g/mol. The molecular weight excluding hydrogens is 284 g/mol. The van der Waals surface area contributed by atoms with E-state index < -0.39 is 10.0 Å². The Bertz CT molecular complexity index is 567. The van der Waals surface area contributed by atoms with Crippen LogP contribution in [-0.2, 0) is 10.0 Å². The van der Waals surface area contributed by atoms with Gasteiger partial charge in [-0.05, 0) is 50.4 Å². The van der Waals surface area contributed by atoms with Crippen molar-refractivity contribution in [2.75, 3.05) is 13.6 Å². The molecule has 0 radical (unpaired) electrons. The van der Waals surface area contributed by atoms with E-state index in [-0.39, 0.29) is 12.1 Å². The maximum Gasteiger partial charge on any atom is 0.243 e. The van der Waals surface area contributed by atoms with Crippen LogP contribution >= 0.6 is 0 Å². The maximum absolute atomic E-state index is 12.7. The molecule has 1 aromatic carbocycles. The van der Waals surface area contributed by atoms with Gasteiger partial charge in [0.05, 0.1) is 4.90 Å². The summed E-state index contributed by atoms with van der Waals surface area (Å²) in [5.41, 5.74) is 1.02. The van der Waals surface area contributed by atoms with E-state index in [0.717, 1.165) is 37.8 Å². The van der Waals surface area contributed by atoms with Crippen LogP contribution in [0.2, 0.25) is 0 Å². The molecule has 0 bridgehead atoms. The molecule has 1 N–H and O–H groups in total. The number of sulfonamides is 1. The summed E-state index contributed by atoms with van der Waals surface area (Å²) >= 11 is 0. The number of hydrogen-bond acceptors (Lipinski definition) is 3. The number of benzene rings is 1. The van der Waals surface area contributed by atoms with Crippen LogP contribution < -0.4 is 5.32 Å². The summed E-state index contributed by atoms with van der Waals surface area (Å²) in [6, 6.07) is 7.65. The van der Waals surface area contributed by atoms with Gasteiger partial charge < -0.3 is 5.32 Å². The lowest BCUT2D eigenvalue weighted by atomic mass is 9.94. The molecule has 0 amide bonds. The summed E-state index contributed by atoms with van der Waals surface area (Å²) in [6.45, 7) is 5.12. The number of nitrogens with one attached hydrogen (secondary N) is 1. The third kappa shape index (κ3) is 3.65. The van der Waals surface area contributed by atoms with Crippen LogP contribution in [0.5, 0.6) is 0 Å². The largest absolute Gasteiger partial charge is 0.310 e. The molecule has 1 aliphatic rings. The quantitative estimate of drug-likeness (QED) is 0.842. The van der Waals surface area contributed by atoms with E-state index in [1.165, 1.54) is 0 Å². The summed E-state index contributed by atoms with van der Waals surface area (Å²) in [5, 5.41) is 3.39. The van der Waals surface area contributed by atoms with Crippen molar-refractivity contribution in [2.24, 2.45) is 0 Å². The molecule has 0 saturated heterocycles. The van der Waals surface area contributed by atoms with Crippen molar-refractivity contribution in [1.82, 2.24) is 9.62 Å². The van der Waals surface area contributed by atoms with Crippen molar-refractivity contribution in [3.05, 3.63) is 29.8 Å². The normalized spacial score (nSPS) is 17.7. The van der Waals surface area contributed by atoms with Crippen LogP contribution in [0.15, 0.2) is 29.2 Å². The molecule has 2 rings (SSSR count). The molecule has 5 heteroatoms. The molecule has 1 atom stereocenters. The summed E-state index contributed by atoms with van der Waals surface area (Å²) in [7, 11) is -1.67. The molecule has 1 aliphatic carbocycles. The van der Waals surface area contributed by atoms with Gasteiger partial charge in [0.25, 0.3) is 0 Å². The minimum Gasteiger partial charge on any atom is -0.310 e. The second-order valence-corrected chi connectivity index (χ2v) is 7.85. The molecule has 0 aromatic heterocycles. The lowest BCUT2D eigenvalue weighted by molar-refractivity contribution is 0.249. The lowest BCUT2D eigenvalue weighted by Crippen LogP contribution is -2.41. The zero-order valence-electron chi connectivity index (χ0n) is 13.2. The Balaban J connectivity index is 2.19. The lowest BCUT2D eigenvalue weighted by Gasteiger charge is -2.33. The average Bonchev–Trinajstić information content (AvgIpc) is 2.43. The smallest absolute Gasteiger partial charge is 0.243 e. The first-order valence-electron chi connectivity index (χ1n) is 7.78. The highest BCUT2D eigenvalue weighted by molar-refractivity contribution is 7.89. The first-order valence-corrected chi connectivity index (χ1v) is 9.22. The standard InChI is InChI=1S/C16H26N2O2S/c1-4-11-17-13(2)14-7-5-10-16(12-14)21(19,20)18(3)15-8-6-9-15/h5,7,10,12-13,15,17H,4,6,8-9,11H2,1-3H3. The fourth-order valence-corrected chi connectivity index (χ4v) is 4.01. The van der Waals surface area contributed by atoms with Gasteiger partial charge in [-0.1, -0.05) is 25.5 Å². The molecular formula is C16H26N2O2S. The first kappa shape index (κ1) is 16.5. The highest BCUT2D eigenvalue weighted by atomic mass is 32.2. The van der Waals surface area contributed by atoms with Crippen molar-refractivity contribution >= 4 is 10.0 Å². The van der Waals surface area contributed by atoms with Crippen molar-refractivity contribution < 1.29 is 8.42 Å². The van der Waals surface area contributed by atoms with Gasteiger partial charge in [-0.3, -0.25) is 0 Å². The van der Waals surface area contributed by atoms with Gasteiger partial charge in [0, 0.05) is 19.1 Å². The van der Waals surface area contributed by atoms with Crippen LogP contribution in [-0.4, -0.2) is 32.4 Å². The van der Waals surface area contributed by atoms with E-state index in [9.17, 15) is 8.42 Å². The Hall–Kier alpha value is -0.910. The van der Waals surface area contributed by atoms with E-state index >= 15 is 0 Å². The van der Waals surface area contributed by atoms with E-state index in [1.807, 2.05) is 12.1 Å². The Labute approximate surface area is 128 Å². The van der Waals surface area contributed by atoms with Gasteiger partial charge in [0.15, 0.2) is 0 Å². The summed E-state index contributed by atoms with van der Waals surface area (Å²) in [5.74, 6) is 0. The van der Waals surface area contributed by atoms with Crippen LogP contribution in [0.3, 0.4) is 0 Å². The van der Waals surface area contributed by atoms with E-state index in [4.69, 9.17) is 0 Å². The molecule has 1 unspecified atom stereocenters. The molecule has 118 valence electrons. The van der Waals surface area contributed by atoms with Gasteiger partial charge in [0.2, 0.25) is 10.0 Å². The van der Waals surface area contributed by atoms with E-state index in [1.54, 1.807) is 23.5 Å². The molecule has 0 heterocycles. The average molecular weight is 310 g/mol. The Kier molecular flexibility index (Phi) is 5.41. The minimum atomic E-state index is -3.37. The van der Waals surface area contributed by atoms with Gasteiger partial charge in [-0.25, -0.2) is 8.42 Å². The van der Waals surface area contributed by atoms with Crippen molar-refractivity contribution in [3.63, 3.8) is 0 Å². The number of hydrogen-bond donors (Lipinski definition) is 1. The second-order valence-electron chi connectivity index (χ2n) is 5.85. The molecule has 1 fully saturated rings. The fraction of sp³-hybridized carbons (Fsp3) is 0.625. The summed E-state index contributed by atoms with van der Waals surface area (Å²) < 4.78 is 26.9. The highest BCUT2D eigenvalue weighted by Gasteiger charge is 2.31. The molecule has 0 aliphatic heterocycles. The van der Waals surface area contributed by atoms with Crippen molar-refractivity contribution in [2.45, 2.75) is 56.5 Å². The van der Waals surface area contributed by atoms with Crippen molar-refractivity contribution in [1.29, 1.82) is 0 Å². The molecule has 0 spiro atoms. The maximum atomic E-state index is 12.7. The molecule has 1 aromatic rings. The SMILES string of the molecule is CCCNC(C)c1cccc(S(=O)(=O)N(C)C2CCC2)c1.